The molecule has 2 rings (SSSR count). The van der Waals surface area contributed by atoms with E-state index in [0.717, 1.165) is 15.9 Å². The maximum absolute atomic E-state index is 10.8. The molecule has 1 heterocycles. The van der Waals surface area contributed by atoms with Crippen LogP contribution in [0.3, 0.4) is 0 Å². The van der Waals surface area contributed by atoms with Crippen LogP contribution >= 0.6 is 11.8 Å². The molecule has 7 heteroatoms. The third-order valence-electron chi connectivity index (χ3n) is 2.11. The maximum Gasteiger partial charge on any atom is 0.209 e. The van der Waals surface area contributed by atoms with Gasteiger partial charge in [0.2, 0.25) is 10.0 Å². The Balaban J connectivity index is 2.19. The smallest absolute Gasteiger partial charge is 0.209 e. The van der Waals surface area contributed by atoms with E-state index < -0.39 is 10.0 Å². The quantitative estimate of drug-likeness (QED) is 0.661. The molecule has 1 aromatic heterocycles. The number of nitrogens with zero attached hydrogens (tertiary/aromatic N) is 2. The molecule has 0 saturated carbocycles. The lowest BCUT2D eigenvalue weighted by Crippen LogP contribution is -2.17. The minimum atomic E-state index is -3.41. The fourth-order valence-corrected chi connectivity index (χ4v) is 3.26. The molecule has 17 heavy (non-hydrogen) atoms. The Labute approximate surface area is 104 Å². The lowest BCUT2D eigenvalue weighted by Gasteiger charge is -2.03. The van der Waals surface area contributed by atoms with Gasteiger partial charge in [0.15, 0.2) is 0 Å². The van der Waals surface area contributed by atoms with E-state index in [1.54, 1.807) is 0 Å². The summed E-state index contributed by atoms with van der Waals surface area (Å²) in [5.74, 6) is 0.329. The highest BCUT2D eigenvalue weighted by atomic mass is 32.2. The summed E-state index contributed by atoms with van der Waals surface area (Å²) in [5.41, 5.74) is 0.848. The second kappa shape index (κ2) is 4.99. The van der Waals surface area contributed by atoms with Gasteiger partial charge in [0.05, 0.1) is 11.3 Å². The van der Waals surface area contributed by atoms with E-state index in [2.05, 4.69) is 9.97 Å². The highest BCUT2D eigenvalue weighted by Crippen LogP contribution is 2.23. The summed E-state index contributed by atoms with van der Waals surface area (Å²) in [6, 6.07) is 7.60. The van der Waals surface area contributed by atoms with Gasteiger partial charge in [-0.2, -0.15) is 0 Å². The van der Waals surface area contributed by atoms with E-state index in [1.165, 1.54) is 18.1 Å². The molecule has 0 fully saturated rings. The van der Waals surface area contributed by atoms with Crippen molar-refractivity contribution in [3.05, 3.63) is 30.6 Å². The van der Waals surface area contributed by atoms with E-state index in [0.29, 0.717) is 5.75 Å². The van der Waals surface area contributed by atoms with Crippen LogP contribution in [0.5, 0.6) is 0 Å². The second-order valence-electron chi connectivity index (χ2n) is 3.41. The summed E-state index contributed by atoms with van der Waals surface area (Å²) in [6.07, 6.45) is 1.47. The van der Waals surface area contributed by atoms with E-state index in [9.17, 15) is 8.42 Å². The average Bonchev–Trinajstić information content (AvgIpc) is 2.28. The number of benzene rings is 1. The van der Waals surface area contributed by atoms with Gasteiger partial charge in [-0.3, -0.25) is 0 Å². The molecule has 0 saturated heterocycles. The maximum atomic E-state index is 10.8. The number of rotatable bonds is 4. The SMILES string of the molecule is NS(=O)(=O)CCSc1ncnc2ccccc12. The molecule has 0 amide bonds. The molecule has 5 nitrogen and oxygen atoms in total. The normalized spacial score (nSPS) is 11.8. The summed E-state index contributed by atoms with van der Waals surface area (Å²) in [4.78, 5) is 8.27. The van der Waals surface area contributed by atoms with Gasteiger partial charge >= 0.3 is 0 Å². The van der Waals surface area contributed by atoms with E-state index in [-0.39, 0.29) is 5.75 Å². The van der Waals surface area contributed by atoms with Crippen LogP contribution in [0.4, 0.5) is 0 Å². The van der Waals surface area contributed by atoms with Gasteiger partial charge in [0.1, 0.15) is 11.4 Å². The Morgan fingerprint density at radius 2 is 2.00 bits per heavy atom. The van der Waals surface area contributed by atoms with Gasteiger partial charge in [0.25, 0.3) is 0 Å². The third-order valence-corrected chi connectivity index (χ3v) is 4.15. The average molecular weight is 269 g/mol. The molecule has 90 valence electrons. The first-order valence-electron chi connectivity index (χ1n) is 4.89. The van der Waals surface area contributed by atoms with Crippen LogP contribution in [0.2, 0.25) is 0 Å². The third kappa shape index (κ3) is 3.39. The number of sulfonamides is 1. The van der Waals surface area contributed by atoms with E-state index >= 15 is 0 Å². The monoisotopic (exact) mass is 269 g/mol. The molecule has 2 N–H and O–H groups in total. The minimum Gasteiger partial charge on any atom is -0.236 e. The number of hydrogen-bond donors (Lipinski definition) is 1. The van der Waals surface area contributed by atoms with Crippen LogP contribution in [0, 0.1) is 0 Å². The molecule has 0 aliphatic carbocycles. The van der Waals surface area contributed by atoms with Gasteiger partial charge in [-0.05, 0) is 6.07 Å². The summed E-state index contributed by atoms with van der Waals surface area (Å²) in [7, 11) is -3.41. The van der Waals surface area contributed by atoms with Gasteiger partial charge in [-0.25, -0.2) is 23.5 Å². The van der Waals surface area contributed by atoms with Crippen molar-refractivity contribution < 1.29 is 8.42 Å². The predicted molar refractivity (Wildman–Crippen MR) is 68.2 cm³/mol. The van der Waals surface area contributed by atoms with Gasteiger partial charge < -0.3 is 0 Å². The van der Waals surface area contributed by atoms with Crippen LogP contribution in [-0.2, 0) is 10.0 Å². The van der Waals surface area contributed by atoms with E-state index in [1.807, 2.05) is 24.3 Å². The lowest BCUT2D eigenvalue weighted by atomic mass is 10.2. The zero-order valence-electron chi connectivity index (χ0n) is 8.91. The first-order valence-corrected chi connectivity index (χ1v) is 7.59. The van der Waals surface area contributed by atoms with Crippen molar-refractivity contribution in [2.45, 2.75) is 5.03 Å². The minimum absolute atomic E-state index is 0.0595. The molecule has 0 radical (unpaired) electrons. The number of hydrogen-bond acceptors (Lipinski definition) is 5. The Morgan fingerprint density at radius 3 is 2.76 bits per heavy atom. The predicted octanol–water partition coefficient (Wildman–Crippen LogP) is 1.01. The van der Waals surface area contributed by atoms with Crippen molar-refractivity contribution in [3.8, 4) is 0 Å². The molecule has 0 aliphatic rings. The number of fused-ring (bicyclic) bond motifs is 1. The van der Waals surface area contributed by atoms with Crippen LogP contribution in [0.25, 0.3) is 10.9 Å². The molecular weight excluding hydrogens is 258 g/mol. The molecule has 0 aliphatic heterocycles. The van der Waals surface area contributed by atoms with E-state index in [4.69, 9.17) is 5.14 Å². The zero-order valence-corrected chi connectivity index (χ0v) is 10.5. The van der Waals surface area contributed by atoms with Crippen molar-refractivity contribution >= 4 is 32.7 Å². The molecule has 0 spiro atoms. The fourth-order valence-electron chi connectivity index (χ4n) is 1.35. The van der Waals surface area contributed by atoms with Crippen LogP contribution in [0.15, 0.2) is 35.6 Å². The molecular formula is C10H11N3O2S2. The first kappa shape index (κ1) is 12.3. The van der Waals surface area contributed by atoms with Crippen molar-refractivity contribution in [2.24, 2.45) is 5.14 Å². The Bertz CT molecular complexity index is 623. The number of aromatic nitrogens is 2. The standard InChI is InChI=1S/C10H11N3O2S2/c11-17(14,15)6-5-16-10-8-3-1-2-4-9(8)12-7-13-10/h1-4,7H,5-6H2,(H2,11,14,15). The highest BCUT2D eigenvalue weighted by Gasteiger charge is 2.06. The Morgan fingerprint density at radius 1 is 1.24 bits per heavy atom. The summed E-state index contributed by atoms with van der Waals surface area (Å²) < 4.78 is 21.6. The first-order chi connectivity index (χ1) is 8.06. The fraction of sp³-hybridized carbons (Fsp3) is 0.200. The second-order valence-corrected chi connectivity index (χ2v) is 6.23. The van der Waals surface area contributed by atoms with Crippen LogP contribution in [0.1, 0.15) is 0 Å². The number of para-hydroxylation sites is 1. The number of thioether (sulfide) groups is 1. The molecule has 1 aromatic carbocycles. The van der Waals surface area contributed by atoms with Crippen molar-refractivity contribution in [2.75, 3.05) is 11.5 Å². The summed E-state index contributed by atoms with van der Waals surface area (Å²) >= 11 is 1.37. The van der Waals surface area contributed by atoms with Crippen LogP contribution < -0.4 is 5.14 Å². The van der Waals surface area contributed by atoms with Crippen molar-refractivity contribution in [3.63, 3.8) is 0 Å². The van der Waals surface area contributed by atoms with Gasteiger partial charge in [-0.15, -0.1) is 11.8 Å². The lowest BCUT2D eigenvalue weighted by molar-refractivity contribution is 0.599. The topological polar surface area (TPSA) is 85.9 Å². The molecule has 2 aromatic rings. The Hall–Kier alpha value is -1.18. The largest absolute Gasteiger partial charge is 0.236 e. The summed E-state index contributed by atoms with van der Waals surface area (Å²) in [6.45, 7) is 0. The zero-order chi connectivity index (χ0) is 12.3. The summed E-state index contributed by atoms with van der Waals surface area (Å²) in [5, 5.41) is 6.64. The highest BCUT2D eigenvalue weighted by molar-refractivity contribution is 8.00. The molecule has 0 atom stereocenters. The van der Waals surface area contributed by atoms with Crippen LogP contribution in [-0.4, -0.2) is 29.9 Å². The van der Waals surface area contributed by atoms with Crippen molar-refractivity contribution in [1.82, 2.24) is 9.97 Å². The van der Waals surface area contributed by atoms with Crippen molar-refractivity contribution in [1.29, 1.82) is 0 Å². The number of nitrogens with two attached hydrogens (primary N) is 1. The number of primary sulfonamides is 1. The van der Waals surface area contributed by atoms with Gasteiger partial charge in [0, 0.05) is 11.1 Å². The molecule has 0 bridgehead atoms. The van der Waals surface area contributed by atoms with Gasteiger partial charge in [-0.1, -0.05) is 18.2 Å². The Kier molecular flexibility index (Phi) is 3.60. The molecule has 0 unspecified atom stereocenters.